The summed E-state index contributed by atoms with van der Waals surface area (Å²) in [6, 6.07) is 44.9. The largest absolute Gasteiger partial charge is 0.460 e. The van der Waals surface area contributed by atoms with Gasteiger partial charge in [-0.25, -0.2) is 0 Å². The van der Waals surface area contributed by atoms with E-state index in [0.717, 1.165) is 60.4 Å². The van der Waals surface area contributed by atoms with Crippen molar-refractivity contribution in [1.29, 1.82) is 0 Å². The minimum atomic E-state index is 0.779. The first-order valence-corrected chi connectivity index (χ1v) is 14.5. The molecule has 3 aromatic heterocycles. The Bertz CT molecular complexity index is 2680. The van der Waals surface area contributed by atoms with Crippen LogP contribution in [0, 0.1) is 0 Å². The van der Waals surface area contributed by atoms with E-state index in [9.17, 15) is 0 Å². The highest BCUT2D eigenvalue weighted by atomic mass is 16.4. The molecule has 10 aromatic rings. The van der Waals surface area contributed by atoms with Crippen LogP contribution in [0.3, 0.4) is 0 Å². The fourth-order valence-electron chi connectivity index (χ4n) is 7.13. The Balaban J connectivity index is 1.38. The second kappa shape index (κ2) is 8.37. The monoisotopic (exact) mass is 550 g/mol. The summed E-state index contributed by atoms with van der Waals surface area (Å²) in [6.07, 6.45) is 1.75. The summed E-state index contributed by atoms with van der Waals surface area (Å²) in [6.45, 7) is 0. The number of hydrogen-bond donors (Lipinski definition) is 0. The van der Waals surface area contributed by atoms with Crippen molar-refractivity contribution >= 4 is 76.4 Å². The van der Waals surface area contributed by atoms with Crippen LogP contribution < -0.4 is 0 Å². The van der Waals surface area contributed by atoms with Gasteiger partial charge in [0.05, 0.1) is 6.26 Å². The molecule has 0 saturated heterocycles. The molecule has 0 saturated carbocycles. The summed E-state index contributed by atoms with van der Waals surface area (Å²) in [7, 11) is 0. The second-order valence-electron chi connectivity index (χ2n) is 11.2. The maximum atomic E-state index is 6.47. The summed E-state index contributed by atoms with van der Waals surface area (Å²) < 4.78 is 18.6. The van der Waals surface area contributed by atoms with Crippen molar-refractivity contribution in [3.05, 3.63) is 134 Å². The molecule has 0 N–H and O–H groups in total. The Morgan fingerprint density at radius 1 is 0.395 bits per heavy atom. The molecule has 0 spiro atoms. The number of benzene rings is 7. The topological polar surface area (TPSA) is 39.4 Å². The van der Waals surface area contributed by atoms with Crippen LogP contribution in [0.25, 0.3) is 98.6 Å². The molecular weight excluding hydrogens is 528 g/mol. The number of rotatable bonds is 2. The quantitative estimate of drug-likeness (QED) is 0.201. The van der Waals surface area contributed by atoms with Crippen LogP contribution in [-0.4, -0.2) is 0 Å². The van der Waals surface area contributed by atoms with E-state index in [1.807, 2.05) is 30.3 Å². The molecule has 3 heteroatoms. The van der Waals surface area contributed by atoms with Gasteiger partial charge in [-0.15, -0.1) is 0 Å². The highest BCUT2D eigenvalue weighted by Gasteiger charge is 2.23. The third kappa shape index (κ3) is 3.08. The average molecular weight is 551 g/mol. The SMILES string of the molecule is c1ccc2c(c1)oc1ccc(-c3c4ccccc4c(-c4cc5ccoc5c5oc6ccccc6c45)c4ccccc34)cc12. The molecule has 0 atom stereocenters. The van der Waals surface area contributed by atoms with E-state index in [1.165, 1.54) is 38.2 Å². The molecule has 0 radical (unpaired) electrons. The highest BCUT2D eigenvalue weighted by Crippen LogP contribution is 2.49. The zero-order valence-electron chi connectivity index (χ0n) is 22.9. The lowest BCUT2D eigenvalue weighted by molar-refractivity contribution is 0.600. The molecule has 200 valence electrons. The van der Waals surface area contributed by atoms with Gasteiger partial charge in [0.1, 0.15) is 16.7 Å². The third-order valence-corrected chi connectivity index (χ3v) is 8.93. The van der Waals surface area contributed by atoms with Gasteiger partial charge in [-0.1, -0.05) is 91.0 Å². The molecule has 0 amide bonds. The first kappa shape index (κ1) is 22.8. The number of fused-ring (bicyclic) bond motifs is 10. The maximum absolute atomic E-state index is 6.47. The number of para-hydroxylation sites is 2. The van der Waals surface area contributed by atoms with Crippen LogP contribution in [0.5, 0.6) is 0 Å². The van der Waals surface area contributed by atoms with Crippen molar-refractivity contribution in [3.8, 4) is 22.3 Å². The standard InChI is InChI=1S/C40H22O3/c1-3-12-28-26(10-1)36(23-17-18-35-31(21-23)25-9-5-7-15-33(25)42-35)27-11-2-4-13-29(27)37(28)32-22-24-19-20-41-39(24)40-38(32)30-14-6-8-16-34(30)43-40/h1-22H. The van der Waals surface area contributed by atoms with E-state index in [-0.39, 0.29) is 0 Å². The summed E-state index contributed by atoms with van der Waals surface area (Å²) in [5.74, 6) is 0. The van der Waals surface area contributed by atoms with Gasteiger partial charge in [0.25, 0.3) is 0 Å². The first-order valence-electron chi connectivity index (χ1n) is 14.5. The van der Waals surface area contributed by atoms with Crippen molar-refractivity contribution in [3.63, 3.8) is 0 Å². The van der Waals surface area contributed by atoms with Gasteiger partial charge in [-0.2, -0.15) is 0 Å². The molecule has 0 aliphatic carbocycles. The summed E-state index contributed by atoms with van der Waals surface area (Å²) in [4.78, 5) is 0. The van der Waals surface area contributed by atoms with E-state index in [4.69, 9.17) is 13.3 Å². The van der Waals surface area contributed by atoms with Gasteiger partial charge in [-0.3, -0.25) is 0 Å². The van der Waals surface area contributed by atoms with Crippen LogP contribution in [-0.2, 0) is 0 Å². The summed E-state index contributed by atoms with van der Waals surface area (Å²) in [5, 5.41) is 10.2. The minimum absolute atomic E-state index is 0.779. The van der Waals surface area contributed by atoms with Crippen LogP contribution in [0.1, 0.15) is 0 Å². The molecule has 0 unspecified atom stereocenters. The van der Waals surface area contributed by atoms with Crippen LogP contribution >= 0.6 is 0 Å². The van der Waals surface area contributed by atoms with Crippen LogP contribution in [0.4, 0.5) is 0 Å². The van der Waals surface area contributed by atoms with E-state index in [2.05, 4.69) is 97.1 Å². The predicted octanol–water partition coefficient (Wildman–Crippen LogP) is 11.9. The Morgan fingerprint density at radius 2 is 0.977 bits per heavy atom. The van der Waals surface area contributed by atoms with Gasteiger partial charge in [-0.05, 0) is 80.2 Å². The molecule has 3 nitrogen and oxygen atoms in total. The summed E-state index contributed by atoms with van der Waals surface area (Å²) >= 11 is 0. The number of furan rings is 3. The molecule has 0 fully saturated rings. The Morgan fingerprint density at radius 3 is 1.70 bits per heavy atom. The third-order valence-electron chi connectivity index (χ3n) is 8.93. The van der Waals surface area contributed by atoms with Crippen molar-refractivity contribution in [2.24, 2.45) is 0 Å². The van der Waals surface area contributed by atoms with Crippen LogP contribution in [0.2, 0.25) is 0 Å². The van der Waals surface area contributed by atoms with Crippen molar-refractivity contribution in [1.82, 2.24) is 0 Å². The lowest BCUT2D eigenvalue weighted by Gasteiger charge is -2.18. The van der Waals surface area contributed by atoms with E-state index in [1.54, 1.807) is 6.26 Å². The maximum Gasteiger partial charge on any atom is 0.179 e. The van der Waals surface area contributed by atoms with Gasteiger partial charge in [0.15, 0.2) is 11.2 Å². The zero-order valence-corrected chi connectivity index (χ0v) is 22.9. The van der Waals surface area contributed by atoms with Crippen molar-refractivity contribution < 1.29 is 13.3 Å². The summed E-state index contributed by atoms with van der Waals surface area (Å²) in [5.41, 5.74) is 8.96. The fourth-order valence-corrected chi connectivity index (χ4v) is 7.13. The highest BCUT2D eigenvalue weighted by molar-refractivity contribution is 6.28. The van der Waals surface area contributed by atoms with Crippen molar-refractivity contribution in [2.75, 3.05) is 0 Å². The lowest BCUT2D eigenvalue weighted by atomic mass is 9.84. The Labute approximate surface area is 245 Å². The molecule has 0 bridgehead atoms. The van der Waals surface area contributed by atoms with Gasteiger partial charge < -0.3 is 13.3 Å². The smallest absolute Gasteiger partial charge is 0.179 e. The van der Waals surface area contributed by atoms with Crippen molar-refractivity contribution in [2.45, 2.75) is 0 Å². The molecule has 0 aliphatic rings. The number of hydrogen-bond acceptors (Lipinski definition) is 3. The zero-order chi connectivity index (χ0) is 28.1. The minimum Gasteiger partial charge on any atom is -0.460 e. The molecular formula is C40H22O3. The Kier molecular flexibility index (Phi) is 4.45. The molecule has 7 aromatic carbocycles. The van der Waals surface area contributed by atoms with Gasteiger partial charge in [0, 0.05) is 26.9 Å². The first-order chi connectivity index (χ1) is 21.3. The molecule has 0 aliphatic heterocycles. The van der Waals surface area contributed by atoms with E-state index >= 15 is 0 Å². The molecule has 43 heavy (non-hydrogen) atoms. The molecule has 10 rings (SSSR count). The predicted molar refractivity (Wildman–Crippen MR) is 177 cm³/mol. The lowest BCUT2D eigenvalue weighted by Crippen LogP contribution is -1.91. The van der Waals surface area contributed by atoms with Gasteiger partial charge >= 0.3 is 0 Å². The van der Waals surface area contributed by atoms with E-state index in [0.29, 0.717) is 0 Å². The van der Waals surface area contributed by atoms with E-state index < -0.39 is 0 Å². The van der Waals surface area contributed by atoms with Crippen LogP contribution in [0.15, 0.2) is 147 Å². The molecule has 3 heterocycles. The fraction of sp³-hybridized carbons (Fsp3) is 0. The normalized spacial score (nSPS) is 12.2. The van der Waals surface area contributed by atoms with Gasteiger partial charge in [0.2, 0.25) is 0 Å². The second-order valence-corrected chi connectivity index (χ2v) is 11.2. The Hall–Kier alpha value is -5.80. The average Bonchev–Trinajstić information content (AvgIpc) is 3.78.